The third kappa shape index (κ3) is 4.42. The molecule has 0 aliphatic carbocycles. The number of hydrogen-bond acceptors (Lipinski definition) is 3. The fourth-order valence-electron chi connectivity index (χ4n) is 1.89. The molecule has 116 valence electrons. The first-order chi connectivity index (χ1) is 8.97. The van der Waals surface area contributed by atoms with Crippen LogP contribution in [-0.2, 0) is 11.3 Å². The van der Waals surface area contributed by atoms with Crippen molar-refractivity contribution in [2.24, 2.45) is 11.1 Å². The van der Waals surface area contributed by atoms with E-state index in [0.29, 0.717) is 18.5 Å². The van der Waals surface area contributed by atoms with Gasteiger partial charge in [-0.3, -0.25) is 9.48 Å². The van der Waals surface area contributed by atoms with E-state index in [1.807, 2.05) is 13.8 Å². The average Bonchev–Trinajstić information content (AvgIpc) is 2.78. The van der Waals surface area contributed by atoms with Crippen LogP contribution in [0, 0.1) is 5.41 Å². The van der Waals surface area contributed by atoms with Crippen molar-refractivity contribution in [2.75, 3.05) is 11.9 Å². The van der Waals surface area contributed by atoms with Gasteiger partial charge in [0.15, 0.2) is 0 Å². The molecule has 0 aromatic carbocycles. The van der Waals surface area contributed by atoms with Gasteiger partial charge in [0.25, 0.3) is 6.43 Å². The van der Waals surface area contributed by atoms with E-state index in [1.165, 1.54) is 12.4 Å². The Bertz CT molecular complexity index is 413. The number of alkyl halides is 2. The lowest BCUT2D eigenvalue weighted by molar-refractivity contribution is -0.125. The third-order valence-corrected chi connectivity index (χ3v) is 3.44. The lowest BCUT2D eigenvalue weighted by Gasteiger charge is -2.28. The fourth-order valence-corrected chi connectivity index (χ4v) is 1.89. The van der Waals surface area contributed by atoms with Crippen LogP contribution in [-0.4, -0.2) is 28.7 Å². The summed E-state index contributed by atoms with van der Waals surface area (Å²) in [6.45, 7) is 3.56. The number of carbonyl (C=O) groups excluding carboxylic acids is 1. The summed E-state index contributed by atoms with van der Waals surface area (Å²) in [5.41, 5.74) is 5.46. The van der Waals surface area contributed by atoms with Crippen LogP contribution >= 0.6 is 12.4 Å². The fraction of sp³-hybridized carbons (Fsp3) is 0.667. The minimum atomic E-state index is -2.47. The molecule has 1 aromatic rings. The smallest absolute Gasteiger partial charge is 0.257 e. The van der Waals surface area contributed by atoms with Crippen LogP contribution in [0.5, 0.6) is 0 Å². The lowest BCUT2D eigenvalue weighted by atomic mass is 9.81. The largest absolute Gasteiger partial charge is 0.329 e. The molecule has 1 rings (SSSR count). The van der Waals surface area contributed by atoms with E-state index in [-0.39, 0.29) is 24.9 Å². The highest BCUT2D eigenvalue weighted by atomic mass is 35.5. The molecule has 1 aromatic heterocycles. The van der Waals surface area contributed by atoms with Gasteiger partial charge in [0.1, 0.15) is 6.54 Å². The Labute approximate surface area is 123 Å². The molecule has 0 fully saturated rings. The van der Waals surface area contributed by atoms with E-state index in [4.69, 9.17) is 5.73 Å². The number of nitrogens with two attached hydrogens (primary N) is 1. The SMILES string of the molecule is CCC(CC)(CN)C(=O)Nc1cnn(CC(F)F)c1.Cl. The van der Waals surface area contributed by atoms with Gasteiger partial charge in [-0.05, 0) is 12.8 Å². The summed E-state index contributed by atoms with van der Waals surface area (Å²) in [5.74, 6) is -0.198. The monoisotopic (exact) mass is 310 g/mol. The number of aromatic nitrogens is 2. The van der Waals surface area contributed by atoms with Gasteiger partial charge >= 0.3 is 0 Å². The molecule has 0 saturated heterocycles. The van der Waals surface area contributed by atoms with Crippen LogP contribution in [0.3, 0.4) is 0 Å². The second kappa shape index (κ2) is 8.16. The minimum absolute atomic E-state index is 0. The normalized spacial score (nSPS) is 11.3. The Morgan fingerprint density at radius 3 is 2.55 bits per heavy atom. The maximum atomic E-state index is 12.2. The minimum Gasteiger partial charge on any atom is -0.329 e. The molecule has 1 heterocycles. The third-order valence-electron chi connectivity index (χ3n) is 3.44. The summed E-state index contributed by atoms with van der Waals surface area (Å²) in [6, 6.07) is 0. The molecule has 1 amide bonds. The van der Waals surface area contributed by atoms with E-state index in [9.17, 15) is 13.6 Å². The molecule has 5 nitrogen and oxygen atoms in total. The predicted molar refractivity (Wildman–Crippen MR) is 76.2 cm³/mol. The summed E-state index contributed by atoms with van der Waals surface area (Å²) in [6.07, 6.45) is 1.51. The standard InChI is InChI=1S/C12H20F2N4O.ClH/c1-3-12(4-2,8-15)11(19)17-9-5-16-18(6-9)7-10(13)14;/h5-6,10H,3-4,7-8,15H2,1-2H3,(H,17,19);1H. The Hall–Kier alpha value is -1.21. The van der Waals surface area contributed by atoms with Crippen LogP contribution in [0.25, 0.3) is 0 Å². The Morgan fingerprint density at radius 2 is 2.10 bits per heavy atom. The predicted octanol–water partition coefficient (Wildman–Crippen LogP) is 2.27. The second-order valence-electron chi connectivity index (χ2n) is 4.49. The van der Waals surface area contributed by atoms with Gasteiger partial charge in [0.2, 0.25) is 5.91 Å². The summed E-state index contributed by atoms with van der Waals surface area (Å²) < 4.78 is 25.5. The van der Waals surface area contributed by atoms with E-state index in [2.05, 4.69) is 10.4 Å². The first kappa shape index (κ1) is 18.8. The second-order valence-corrected chi connectivity index (χ2v) is 4.49. The maximum Gasteiger partial charge on any atom is 0.257 e. The summed E-state index contributed by atoms with van der Waals surface area (Å²) in [7, 11) is 0. The van der Waals surface area contributed by atoms with Gasteiger partial charge in [-0.25, -0.2) is 8.78 Å². The number of nitrogens with one attached hydrogen (secondary N) is 1. The molecule has 0 radical (unpaired) electrons. The van der Waals surface area contributed by atoms with Crippen LogP contribution in [0.15, 0.2) is 12.4 Å². The van der Waals surface area contributed by atoms with E-state index in [0.717, 1.165) is 4.68 Å². The van der Waals surface area contributed by atoms with Crippen molar-refractivity contribution in [3.05, 3.63) is 12.4 Å². The average molecular weight is 311 g/mol. The van der Waals surface area contributed by atoms with Gasteiger partial charge < -0.3 is 11.1 Å². The molecule has 0 bridgehead atoms. The lowest BCUT2D eigenvalue weighted by Crippen LogP contribution is -2.41. The van der Waals surface area contributed by atoms with Crippen molar-refractivity contribution < 1.29 is 13.6 Å². The van der Waals surface area contributed by atoms with Crippen molar-refractivity contribution >= 4 is 24.0 Å². The summed E-state index contributed by atoms with van der Waals surface area (Å²) >= 11 is 0. The number of anilines is 1. The molecular weight excluding hydrogens is 290 g/mol. The topological polar surface area (TPSA) is 72.9 Å². The van der Waals surface area contributed by atoms with E-state index >= 15 is 0 Å². The van der Waals surface area contributed by atoms with Gasteiger partial charge in [-0.2, -0.15) is 5.10 Å². The summed E-state index contributed by atoms with van der Waals surface area (Å²) in [4.78, 5) is 12.2. The van der Waals surface area contributed by atoms with Gasteiger partial charge in [0, 0.05) is 12.7 Å². The Balaban J connectivity index is 0.00000361. The molecule has 0 spiro atoms. The maximum absolute atomic E-state index is 12.2. The van der Waals surface area contributed by atoms with Gasteiger partial charge in [-0.1, -0.05) is 13.8 Å². The molecule has 0 unspecified atom stereocenters. The highest BCUT2D eigenvalue weighted by Crippen LogP contribution is 2.26. The molecule has 0 aliphatic heterocycles. The van der Waals surface area contributed by atoms with Crippen molar-refractivity contribution in [1.82, 2.24) is 9.78 Å². The molecule has 8 heteroatoms. The number of halogens is 3. The van der Waals surface area contributed by atoms with Crippen LogP contribution in [0.1, 0.15) is 26.7 Å². The van der Waals surface area contributed by atoms with E-state index < -0.39 is 18.4 Å². The molecular formula is C12H21ClF2N4O. The molecule has 20 heavy (non-hydrogen) atoms. The quantitative estimate of drug-likeness (QED) is 0.811. The van der Waals surface area contributed by atoms with Crippen molar-refractivity contribution in [1.29, 1.82) is 0 Å². The van der Waals surface area contributed by atoms with Crippen molar-refractivity contribution in [3.8, 4) is 0 Å². The highest BCUT2D eigenvalue weighted by Gasteiger charge is 2.33. The van der Waals surface area contributed by atoms with E-state index in [1.54, 1.807) is 0 Å². The zero-order valence-electron chi connectivity index (χ0n) is 11.6. The van der Waals surface area contributed by atoms with Gasteiger partial charge in [-0.15, -0.1) is 12.4 Å². The first-order valence-electron chi connectivity index (χ1n) is 6.29. The molecule has 3 N–H and O–H groups in total. The number of rotatable bonds is 7. The number of amides is 1. The molecule has 0 atom stereocenters. The first-order valence-corrected chi connectivity index (χ1v) is 6.29. The van der Waals surface area contributed by atoms with Crippen LogP contribution in [0.2, 0.25) is 0 Å². The number of carbonyl (C=O) groups is 1. The number of hydrogen-bond donors (Lipinski definition) is 2. The van der Waals surface area contributed by atoms with Crippen LogP contribution in [0.4, 0.5) is 14.5 Å². The summed E-state index contributed by atoms with van der Waals surface area (Å²) in [5, 5.41) is 6.44. The zero-order valence-corrected chi connectivity index (χ0v) is 12.4. The van der Waals surface area contributed by atoms with Crippen molar-refractivity contribution in [3.63, 3.8) is 0 Å². The highest BCUT2D eigenvalue weighted by molar-refractivity contribution is 5.95. The van der Waals surface area contributed by atoms with Crippen molar-refractivity contribution in [2.45, 2.75) is 39.7 Å². The Morgan fingerprint density at radius 1 is 1.50 bits per heavy atom. The molecule has 0 saturated carbocycles. The zero-order chi connectivity index (χ0) is 14.5. The van der Waals surface area contributed by atoms with Crippen LogP contribution < -0.4 is 11.1 Å². The molecule has 0 aliphatic rings. The van der Waals surface area contributed by atoms with Gasteiger partial charge in [0.05, 0.1) is 17.3 Å². The Kier molecular flexibility index (Phi) is 7.67. The number of nitrogens with zero attached hydrogens (tertiary/aromatic N) is 2.